The van der Waals surface area contributed by atoms with Crippen molar-refractivity contribution < 1.29 is 4.74 Å². The third-order valence-electron chi connectivity index (χ3n) is 5.12. The number of hydrogen-bond acceptors (Lipinski definition) is 2. The van der Waals surface area contributed by atoms with Crippen LogP contribution in [-0.4, -0.2) is 25.7 Å². The molecule has 1 aliphatic heterocycles. The van der Waals surface area contributed by atoms with Gasteiger partial charge in [-0.25, -0.2) is 0 Å². The summed E-state index contributed by atoms with van der Waals surface area (Å²) in [5, 5.41) is 4.47. The number of benzene rings is 1. The Morgan fingerprint density at radius 3 is 2.87 bits per heavy atom. The molecule has 0 bridgehead atoms. The summed E-state index contributed by atoms with van der Waals surface area (Å²) in [6, 6.07) is 5.46. The Morgan fingerprint density at radius 1 is 1.43 bits per heavy atom. The van der Waals surface area contributed by atoms with Gasteiger partial charge in [0.2, 0.25) is 0 Å². The minimum atomic E-state index is -0.0141. The monoisotopic (exact) mass is 355 g/mol. The molecule has 1 heterocycles. The van der Waals surface area contributed by atoms with Crippen LogP contribution in [0.1, 0.15) is 37.8 Å². The first-order chi connectivity index (χ1) is 11.0. The summed E-state index contributed by atoms with van der Waals surface area (Å²) in [7, 11) is 0. The molecule has 1 saturated carbocycles. The Morgan fingerprint density at radius 2 is 2.17 bits per heavy atom. The van der Waals surface area contributed by atoms with E-state index in [2.05, 4.69) is 10.3 Å². The quantitative estimate of drug-likeness (QED) is 0.638. The summed E-state index contributed by atoms with van der Waals surface area (Å²) < 4.78 is 5.45. The zero-order valence-corrected chi connectivity index (χ0v) is 14.8. The summed E-state index contributed by atoms with van der Waals surface area (Å²) in [5.74, 6) is 1.12. The molecule has 1 aromatic rings. The van der Waals surface area contributed by atoms with Crippen molar-refractivity contribution in [3.05, 3.63) is 33.8 Å². The molecular formula is C17H23Cl2N3O. The molecule has 2 aliphatic rings. The third kappa shape index (κ3) is 3.93. The van der Waals surface area contributed by atoms with E-state index in [0.29, 0.717) is 27.3 Å². The Balaban J connectivity index is 1.53. The fourth-order valence-electron chi connectivity index (χ4n) is 3.49. The molecule has 1 spiro atoms. The Labute approximate surface area is 147 Å². The van der Waals surface area contributed by atoms with Gasteiger partial charge in [0.25, 0.3) is 0 Å². The molecule has 1 saturated heterocycles. The first-order valence-corrected chi connectivity index (χ1v) is 8.85. The van der Waals surface area contributed by atoms with Crippen molar-refractivity contribution in [3.63, 3.8) is 0 Å². The zero-order valence-electron chi connectivity index (χ0n) is 13.3. The van der Waals surface area contributed by atoms with Crippen LogP contribution in [0.2, 0.25) is 10.0 Å². The summed E-state index contributed by atoms with van der Waals surface area (Å²) in [6.07, 6.45) is 3.58. The largest absolute Gasteiger partial charge is 0.381 e. The molecule has 1 aromatic carbocycles. The second-order valence-corrected chi connectivity index (χ2v) is 7.48. The summed E-state index contributed by atoms with van der Waals surface area (Å²) >= 11 is 12.2. The molecular weight excluding hydrogens is 333 g/mol. The standard InChI is InChI=1S/C17H23Cl2N3O/c1-11(14-3-2-13(18)8-15(14)19)22-16(20)21-10-12-9-17(12)4-6-23-7-5-17/h2-3,8,11-12H,4-7,9-10H2,1H3,(H3,20,21,22). The molecule has 2 fully saturated rings. The van der Waals surface area contributed by atoms with E-state index in [-0.39, 0.29) is 6.04 Å². The van der Waals surface area contributed by atoms with E-state index in [4.69, 9.17) is 33.7 Å². The van der Waals surface area contributed by atoms with E-state index < -0.39 is 0 Å². The third-order valence-corrected chi connectivity index (χ3v) is 5.69. The Hall–Kier alpha value is -0.970. The topological polar surface area (TPSA) is 59.6 Å². The van der Waals surface area contributed by atoms with Crippen LogP contribution in [0.25, 0.3) is 0 Å². The van der Waals surface area contributed by atoms with Gasteiger partial charge < -0.3 is 15.8 Å². The fraction of sp³-hybridized carbons (Fsp3) is 0.588. The number of aliphatic imine (C=N–C) groups is 1. The molecule has 2 atom stereocenters. The van der Waals surface area contributed by atoms with Crippen LogP contribution >= 0.6 is 23.2 Å². The number of nitrogens with one attached hydrogen (secondary N) is 1. The average molecular weight is 356 g/mol. The second kappa shape index (κ2) is 6.88. The minimum Gasteiger partial charge on any atom is -0.381 e. The zero-order chi connectivity index (χ0) is 16.4. The van der Waals surface area contributed by atoms with Gasteiger partial charge in [0, 0.05) is 29.8 Å². The highest BCUT2D eigenvalue weighted by atomic mass is 35.5. The van der Waals surface area contributed by atoms with Crippen molar-refractivity contribution in [1.82, 2.24) is 5.32 Å². The maximum atomic E-state index is 6.23. The molecule has 1 aliphatic carbocycles. The van der Waals surface area contributed by atoms with Crippen LogP contribution < -0.4 is 11.1 Å². The van der Waals surface area contributed by atoms with E-state index in [1.807, 2.05) is 19.1 Å². The number of rotatable bonds is 4. The van der Waals surface area contributed by atoms with Gasteiger partial charge in [0.15, 0.2) is 5.96 Å². The average Bonchev–Trinajstić information content (AvgIpc) is 3.17. The fourth-order valence-corrected chi connectivity index (χ4v) is 4.06. The molecule has 0 aromatic heterocycles. The van der Waals surface area contributed by atoms with Gasteiger partial charge in [-0.2, -0.15) is 0 Å². The highest BCUT2D eigenvalue weighted by Gasteiger charge is 2.53. The number of nitrogens with zero attached hydrogens (tertiary/aromatic N) is 1. The highest BCUT2D eigenvalue weighted by molar-refractivity contribution is 6.35. The SMILES string of the molecule is CC(NC(N)=NCC1CC12CCOCC2)c1ccc(Cl)cc1Cl. The van der Waals surface area contributed by atoms with Crippen molar-refractivity contribution in [1.29, 1.82) is 0 Å². The molecule has 0 amide bonds. The predicted molar refractivity (Wildman–Crippen MR) is 95.1 cm³/mol. The second-order valence-electron chi connectivity index (χ2n) is 6.63. The molecule has 2 unspecified atom stereocenters. The number of halogens is 2. The van der Waals surface area contributed by atoms with Crippen LogP contribution in [-0.2, 0) is 4.74 Å². The van der Waals surface area contributed by atoms with Gasteiger partial charge in [-0.15, -0.1) is 0 Å². The Bertz CT molecular complexity index is 600. The lowest BCUT2D eigenvalue weighted by Crippen LogP contribution is -2.34. The number of nitrogens with two attached hydrogens (primary N) is 1. The van der Waals surface area contributed by atoms with E-state index in [9.17, 15) is 0 Å². The van der Waals surface area contributed by atoms with E-state index in [1.54, 1.807) is 6.07 Å². The van der Waals surface area contributed by atoms with Crippen molar-refractivity contribution in [3.8, 4) is 0 Å². The van der Waals surface area contributed by atoms with Gasteiger partial charge in [-0.05, 0) is 55.2 Å². The van der Waals surface area contributed by atoms with E-state index in [1.165, 1.54) is 6.42 Å². The lowest BCUT2D eigenvalue weighted by atomic mass is 9.94. The molecule has 3 N–H and O–H groups in total. The van der Waals surface area contributed by atoms with Gasteiger partial charge >= 0.3 is 0 Å². The minimum absolute atomic E-state index is 0.0141. The molecule has 6 heteroatoms. The maximum Gasteiger partial charge on any atom is 0.189 e. The highest BCUT2D eigenvalue weighted by Crippen LogP contribution is 2.59. The Kier molecular flexibility index (Phi) is 5.04. The number of hydrogen-bond donors (Lipinski definition) is 2. The lowest BCUT2D eigenvalue weighted by molar-refractivity contribution is 0.0525. The molecule has 126 valence electrons. The van der Waals surface area contributed by atoms with Crippen LogP contribution in [0.3, 0.4) is 0 Å². The maximum absolute atomic E-state index is 6.23. The number of ether oxygens (including phenoxy) is 1. The van der Waals surface area contributed by atoms with Crippen LogP contribution in [0.15, 0.2) is 23.2 Å². The van der Waals surface area contributed by atoms with Gasteiger partial charge in [0.05, 0.1) is 6.04 Å². The molecule has 3 rings (SSSR count). The summed E-state index contributed by atoms with van der Waals surface area (Å²) in [5.41, 5.74) is 7.47. The van der Waals surface area contributed by atoms with Crippen LogP contribution in [0, 0.1) is 11.3 Å². The van der Waals surface area contributed by atoms with Gasteiger partial charge in [-0.3, -0.25) is 4.99 Å². The molecule has 23 heavy (non-hydrogen) atoms. The first kappa shape index (κ1) is 16.9. The first-order valence-electron chi connectivity index (χ1n) is 8.09. The van der Waals surface area contributed by atoms with Gasteiger partial charge in [0.1, 0.15) is 0 Å². The smallest absolute Gasteiger partial charge is 0.189 e. The predicted octanol–water partition coefficient (Wildman–Crippen LogP) is 3.78. The van der Waals surface area contributed by atoms with Crippen molar-refractivity contribution >= 4 is 29.2 Å². The van der Waals surface area contributed by atoms with E-state index >= 15 is 0 Å². The number of guanidine groups is 1. The molecule has 0 radical (unpaired) electrons. The van der Waals surface area contributed by atoms with E-state index in [0.717, 1.165) is 38.2 Å². The summed E-state index contributed by atoms with van der Waals surface area (Å²) in [4.78, 5) is 4.52. The van der Waals surface area contributed by atoms with Crippen LogP contribution in [0.4, 0.5) is 0 Å². The molecule has 4 nitrogen and oxygen atoms in total. The lowest BCUT2D eigenvalue weighted by Gasteiger charge is -2.22. The van der Waals surface area contributed by atoms with Gasteiger partial charge in [-0.1, -0.05) is 29.3 Å². The van der Waals surface area contributed by atoms with Crippen molar-refractivity contribution in [2.45, 2.75) is 32.2 Å². The normalized spacial score (nSPS) is 24.5. The van der Waals surface area contributed by atoms with Crippen molar-refractivity contribution in [2.24, 2.45) is 22.1 Å². The summed E-state index contributed by atoms with van der Waals surface area (Å²) in [6.45, 7) is 4.58. The van der Waals surface area contributed by atoms with Crippen LogP contribution in [0.5, 0.6) is 0 Å². The van der Waals surface area contributed by atoms with Crippen molar-refractivity contribution in [2.75, 3.05) is 19.8 Å².